The van der Waals surface area contributed by atoms with Crippen LogP contribution in [0.1, 0.15) is 47.9 Å². The molecule has 0 amide bonds. The number of carbonyl (C=O) groups is 2. The number of piperidine rings is 1. The number of halogens is 1. The molecule has 228 valence electrons. The minimum Gasteiger partial charge on any atom is -1.00 e. The number of rotatable bonds is 10. The Morgan fingerprint density at radius 3 is 2.19 bits per heavy atom. The van der Waals surface area contributed by atoms with Crippen molar-refractivity contribution in [3.05, 3.63) is 86.7 Å². The highest BCUT2D eigenvalue weighted by atomic mass is 79.9. The van der Waals surface area contributed by atoms with Crippen molar-refractivity contribution in [1.29, 1.82) is 0 Å². The van der Waals surface area contributed by atoms with Crippen LogP contribution in [0.4, 0.5) is 0 Å². The molecule has 2 fully saturated rings. The summed E-state index contributed by atoms with van der Waals surface area (Å²) >= 11 is 2.73. The summed E-state index contributed by atoms with van der Waals surface area (Å²) in [5.41, 5.74) is -0.506. The van der Waals surface area contributed by atoms with Crippen molar-refractivity contribution < 1.29 is 50.4 Å². The zero-order valence-corrected chi connectivity index (χ0v) is 27.5. The Morgan fingerprint density at radius 1 is 0.953 bits per heavy atom. The van der Waals surface area contributed by atoms with Gasteiger partial charge >= 0.3 is 11.9 Å². The molecular weight excluding hydrogens is 650 g/mol. The number of ether oxygens (including phenoxy) is 3. The van der Waals surface area contributed by atoms with Crippen molar-refractivity contribution in [2.45, 2.75) is 62.9 Å². The van der Waals surface area contributed by atoms with Crippen molar-refractivity contribution in [3.63, 3.8) is 0 Å². The number of benzene rings is 2. The zero-order chi connectivity index (χ0) is 29.3. The lowest BCUT2D eigenvalue weighted by Crippen LogP contribution is -3.00. The van der Waals surface area contributed by atoms with E-state index in [9.17, 15) is 14.7 Å². The summed E-state index contributed by atoms with van der Waals surface area (Å²) < 4.78 is 17.6. The second-order valence-corrected chi connectivity index (χ2v) is 13.4. The van der Waals surface area contributed by atoms with Crippen LogP contribution in [0.5, 0.6) is 5.75 Å². The van der Waals surface area contributed by atoms with E-state index in [0.29, 0.717) is 34.2 Å². The monoisotopic (exact) mass is 685 g/mol. The number of thiophene rings is 2. The molecular formula is C33H36BrNO6S2. The molecule has 0 spiro atoms. The summed E-state index contributed by atoms with van der Waals surface area (Å²) in [7, 11) is 2.34. The highest BCUT2D eigenvalue weighted by Crippen LogP contribution is 2.45. The number of quaternary nitrogens is 1. The van der Waals surface area contributed by atoms with Gasteiger partial charge in [-0.3, -0.25) is 0 Å². The molecule has 0 saturated carbocycles. The molecule has 0 unspecified atom stereocenters. The van der Waals surface area contributed by atoms with Crippen LogP contribution in [0.3, 0.4) is 0 Å². The standard InChI is InChI=1S/C33H36NO6S2.BrH/c1-3-38-31(35)21-39-27-13-10-23-16-22(8-9-24(23)17-27)20-34(2)25-11-12-26(34)19-28(18-25)40-32(36)33(37,29-6-4-14-41-29)30-7-5-15-42-30;/h4-10,13-17,25-26,28,37H,3,11-12,18-21H2,1-2H3;1H/q+1;/p-1/t25-,26+,28+,34-;. The van der Waals surface area contributed by atoms with E-state index >= 15 is 0 Å². The minimum atomic E-state index is -1.77. The zero-order valence-electron chi connectivity index (χ0n) is 24.2. The smallest absolute Gasteiger partial charge is 0.349 e. The Kier molecular flexibility index (Phi) is 9.63. The Balaban J connectivity index is 0.00000368. The maximum atomic E-state index is 13.6. The lowest BCUT2D eigenvalue weighted by molar-refractivity contribution is -0.961. The molecule has 2 bridgehead atoms. The summed E-state index contributed by atoms with van der Waals surface area (Å²) in [5, 5.41) is 17.6. The van der Waals surface area contributed by atoms with Crippen molar-refractivity contribution in [1.82, 2.24) is 0 Å². The molecule has 0 radical (unpaired) electrons. The first-order chi connectivity index (χ1) is 20.3. The first-order valence-corrected chi connectivity index (χ1v) is 16.2. The van der Waals surface area contributed by atoms with Crippen LogP contribution in [-0.2, 0) is 31.2 Å². The van der Waals surface area contributed by atoms with Gasteiger partial charge < -0.3 is 40.8 Å². The van der Waals surface area contributed by atoms with E-state index in [0.717, 1.165) is 47.5 Å². The number of hydrogen-bond acceptors (Lipinski definition) is 8. The number of hydrogen-bond donors (Lipinski definition) is 1. The number of carbonyl (C=O) groups excluding carboxylic acids is 2. The van der Waals surface area contributed by atoms with Gasteiger partial charge in [0.1, 0.15) is 18.4 Å². The predicted molar refractivity (Wildman–Crippen MR) is 164 cm³/mol. The first kappa shape index (κ1) is 31.7. The van der Waals surface area contributed by atoms with Gasteiger partial charge in [-0.1, -0.05) is 30.3 Å². The van der Waals surface area contributed by atoms with E-state index in [1.165, 1.54) is 28.2 Å². The fraction of sp³-hybridized carbons (Fsp3) is 0.394. The SMILES string of the molecule is CCOC(=O)COc1ccc2cc(C[N@+]3(C)[C@@H]4CC[C@H]3C[C@@H](OC(=O)C(O)(c3cccs3)c3cccs3)C4)ccc2c1.[Br-]. The van der Waals surface area contributed by atoms with E-state index in [2.05, 4.69) is 25.2 Å². The number of nitrogens with zero attached hydrogens (tertiary/aromatic N) is 1. The van der Waals surface area contributed by atoms with Crippen molar-refractivity contribution in [2.75, 3.05) is 20.3 Å². The van der Waals surface area contributed by atoms with E-state index in [1.807, 2.05) is 41.1 Å². The van der Waals surface area contributed by atoms with Crippen LogP contribution in [0.2, 0.25) is 0 Å². The number of aliphatic hydroxyl groups is 1. The topological polar surface area (TPSA) is 82.1 Å². The molecule has 2 aliphatic heterocycles. The third-order valence-electron chi connectivity index (χ3n) is 8.96. The largest absolute Gasteiger partial charge is 1.00 e. The van der Waals surface area contributed by atoms with Crippen LogP contribution in [0, 0.1) is 0 Å². The van der Waals surface area contributed by atoms with Gasteiger partial charge in [-0.2, -0.15) is 0 Å². The van der Waals surface area contributed by atoms with Gasteiger partial charge in [0, 0.05) is 31.2 Å². The fourth-order valence-electron chi connectivity index (χ4n) is 6.78. The molecule has 4 heterocycles. The quantitative estimate of drug-likeness (QED) is 0.204. The number of fused-ring (bicyclic) bond motifs is 3. The third-order valence-corrected chi connectivity index (χ3v) is 10.9. The molecule has 1 N–H and O–H groups in total. The molecule has 2 aromatic carbocycles. The van der Waals surface area contributed by atoms with E-state index in [-0.39, 0.29) is 35.7 Å². The van der Waals surface area contributed by atoms with Crippen molar-refractivity contribution in [3.8, 4) is 5.75 Å². The molecule has 2 aromatic heterocycles. The Labute approximate surface area is 270 Å². The predicted octanol–water partition coefficient (Wildman–Crippen LogP) is 3.03. The molecule has 2 saturated heterocycles. The van der Waals surface area contributed by atoms with Gasteiger partial charge in [0.15, 0.2) is 6.61 Å². The summed E-state index contributed by atoms with van der Waals surface area (Å²) in [5.74, 6) is -0.311. The Morgan fingerprint density at radius 2 is 1.58 bits per heavy atom. The maximum absolute atomic E-state index is 13.6. The summed E-state index contributed by atoms with van der Waals surface area (Å²) in [4.78, 5) is 26.4. The highest BCUT2D eigenvalue weighted by Gasteiger charge is 2.54. The van der Waals surface area contributed by atoms with Gasteiger partial charge in [0.25, 0.3) is 0 Å². The molecule has 0 aliphatic carbocycles. The van der Waals surface area contributed by atoms with Crippen LogP contribution in [0.25, 0.3) is 10.8 Å². The maximum Gasteiger partial charge on any atom is 0.349 e. The normalized spacial score (nSPS) is 23.0. The summed E-state index contributed by atoms with van der Waals surface area (Å²) in [6, 6.07) is 20.4. The van der Waals surface area contributed by atoms with E-state index in [4.69, 9.17) is 14.2 Å². The molecule has 4 atom stereocenters. The fourth-order valence-corrected chi connectivity index (χ4v) is 8.49. The van der Waals surface area contributed by atoms with Gasteiger partial charge in [-0.25, -0.2) is 9.59 Å². The second-order valence-electron chi connectivity index (χ2n) is 11.5. The van der Waals surface area contributed by atoms with E-state index in [1.54, 1.807) is 19.1 Å². The molecule has 7 nitrogen and oxygen atoms in total. The molecule has 2 aliphatic rings. The highest BCUT2D eigenvalue weighted by molar-refractivity contribution is 7.12. The van der Waals surface area contributed by atoms with Gasteiger partial charge in [0.05, 0.1) is 35.5 Å². The molecule has 10 heteroatoms. The van der Waals surface area contributed by atoms with Gasteiger partial charge in [-0.05, 0) is 58.8 Å². The van der Waals surface area contributed by atoms with Crippen LogP contribution in [0.15, 0.2) is 71.4 Å². The lowest BCUT2D eigenvalue weighted by atomic mass is 9.94. The van der Waals surface area contributed by atoms with Crippen LogP contribution < -0.4 is 21.7 Å². The third kappa shape index (κ3) is 6.26. The Bertz CT molecular complexity index is 1510. The summed E-state index contributed by atoms with van der Waals surface area (Å²) in [6.45, 7) is 2.91. The van der Waals surface area contributed by atoms with Crippen LogP contribution >= 0.6 is 22.7 Å². The second kappa shape index (κ2) is 13.1. The average Bonchev–Trinajstić information content (AvgIpc) is 3.74. The van der Waals surface area contributed by atoms with E-state index < -0.39 is 11.6 Å². The van der Waals surface area contributed by atoms with Crippen molar-refractivity contribution in [2.24, 2.45) is 0 Å². The summed E-state index contributed by atoms with van der Waals surface area (Å²) in [6.07, 6.45) is 3.57. The van der Waals surface area contributed by atoms with Gasteiger partial charge in [0.2, 0.25) is 5.60 Å². The average molecular weight is 687 g/mol. The Hall–Kier alpha value is -2.76. The molecule has 6 rings (SSSR count). The van der Waals surface area contributed by atoms with Crippen molar-refractivity contribution >= 4 is 45.4 Å². The molecule has 43 heavy (non-hydrogen) atoms. The minimum absolute atomic E-state index is 0. The molecule has 4 aromatic rings. The first-order valence-electron chi connectivity index (χ1n) is 14.5. The van der Waals surface area contributed by atoms with Crippen LogP contribution in [-0.4, -0.2) is 60.0 Å². The van der Waals surface area contributed by atoms with Gasteiger partial charge in [-0.15, -0.1) is 22.7 Å². The number of esters is 2. The lowest BCUT2D eigenvalue weighted by Gasteiger charge is -2.47.